The predicted molar refractivity (Wildman–Crippen MR) is 112 cm³/mol. The van der Waals surface area contributed by atoms with Gasteiger partial charge < -0.3 is 5.32 Å². The molecule has 2 heterocycles. The molecule has 4 rings (SSSR count). The highest BCUT2D eigenvalue weighted by Gasteiger charge is 2.24. The van der Waals surface area contributed by atoms with Crippen LogP contribution in [0.3, 0.4) is 0 Å². The molecular weight excluding hydrogens is 405 g/mol. The van der Waals surface area contributed by atoms with Gasteiger partial charge in [0.1, 0.15) is 11.5 Å². The number of halogens is 2. The van der Waals surface area contributed by atoms with Gasteiger partial charge in [-0.25, -0.2) is 9.07 Å². The van der Waals surface area contributed by atoms with Crippen LogP contribution in [-0.4, -0.2) is 25.9 Å². The Balaban J connectivity index is 1.74. The molecule has 0 saturated carbocycles. The van der Waals surface area contributed by atoms with Gasteiger partial charge in [-0.3, -0.25) is 9.78 Å². The summed E-state index contributed by atoms with van der Waals surface area (Å²) in [5.74, 6) is -0.747. The maximum atomic E-state index is 13.2. The predicted octanol–water partition coefficient (Wildman–Crippen LogP) is 4.61. The van der Waals surface area contributed by atoms with E-state index >= 15 is 0 Å². The first-order valence-electron chi connectivity index (χ1n) is 9.22. The molecule has 0 unspecified atom stereocenters. The first kappa shape index (κ1) is 19.7. The fourth-order valence-electron chi connectivity index (χ4n) is 3.09. The fourth-order valence-corrected chi connectivity index (χ4v) is 3.30. The zero-order chi connectivity index (χ0) is 21.1. The first-order valence-corrected chi connectivity index (χ1v) is 9.59. The topological polar surface area (TPSA) is 72.7 Å². The molecule has 0 aliphatic heterocycles. The molecule has 0 fully saturated rings. The molecule has 0 radical (unpaired) electrons. The van der Waals surface area contributed by atoms with E-state index in [1.54, 1.807) is 42.7 Å². The molecule has 2 aromatic heterocycles. The van der Waals surface area contributed by atoms with Crippen molar-refractivity contribution in [1.29, 1.82) is 0 Å². The van der Waals surface area contributed by atoms with E-state index in [1.165, 1.54) is 16.8 Å². The van der Waals surface area contributed by atoms with Crippen LogP contribution in [0.4, 0.5) is 4.39 Å². The van der Waals surface area contributed by atoms with Gasteiger partial charge in [0.25, 0.3) is 5.91 Å². The average Bonchev–Trinajstić information content (AvgIpc) is 3.20. The SMILES string of the molecule is C[C@@H](NC(=O)c1nnn(-c2ccccc2Cl)c1-c1cccnc1)c1ccc(F)cc1. The third kappa shape index (κ3) is 3.92. The summed E-state index contributed by atoms with van der Waals surface area (Å²) >= 11 is 6.35. The normalized spacial score (nSPS) is 11.8. The van der Waals surface area contributed by atoms with E-state index in [-0.39, 0.29) is 17.6 Å². The van der Waals surface area contributed by atoms with Crippen LogP contribution < -0.4 is 5.32 Å². The van der Waals surface area contributed by atoms with Crippen molar-refractivity contribution in [3.05, 3.63) is 95.2 Å². The highest BCUT2D eigenvalue weighted by molar-refractivity contribution is 6.32. The van der Waals surface area contributed by atoms with Crippen molar-refractivity contribution in [2.24, 2.45) is 0 Å². The number of benzene rings is 2. The van der Waals surface area contributed by atoms with Crippen molar-refractivity contribution >= 4 is 17.5 Å². The molecule has 150 valence electrons. The van der Waals surface area contributed by atoms with Gasteiger partial charge in [-0.15, -0.1) is 5.10 Å². The molecule has 0 bridgehead atoms. The van der Waals surface area contributed by atoms with E-state index in [4.69, 9.17) is 11.6 Å². The minimum absolute atomic E-state index is 0.136. The molecular formula is C22H17ClFN5O. The molecule has 2 aromatic carbocycles. The molecule has 30 heavy (non-hydrogen) atoms. The fraction of sp³-hybridized carbons (Fsp3) is 0.0909. The van der Waals surface area contributed by atoms with E-state index in [0.717, 1.165) is 5.56 Å². The quantitative estimate of drug-likeness (QED) is 0.510. The van der Waals surface area contributed by atoms with Gasteiger partial charge >= 0.3 is 0 Å². The Morgan fingerprint density at radius 3 is 2.57 bits per heavy atom. The summed E-state index contributed by atoms with van der Waals surface area (Å²) in [6.07, 6.45) is 3.27. The summed E-state index contributed by atoms with van der Waals surface area (Å²) in [6, 6.07) is 16.4. The van der Waals surface area contributed by atoms with E-state index in [1.807, 2.05) is 25.1 Å². The molecule has 0 aliphatic rings. The van der Waals surface area contributed by atoms with E-state index < -0.39 is 5.91 Å². The standard InChI is InChI=1S/C22H17ClFN5O/c1-14(15-8-10-17(24)11-9-15)26-22(30)20-21(16-5-4-12-25-13-16)29(28-27-20)19-7-3-2-6-18(19)23/h2-14H,1H3,(H,26,30)/t14-/m1/s1. The minimum Gasteiger partial charge on any atom is -0.344 e. The molecule has 1 atom stereocenters. The Kier molecular flexibility index (Phi) is 5.54. The van der Waals surface area contributed by atoms with Crippen molar-refractivity contribution in [3.63, 3.8) is 0 Å². The highest BCUT2D eigenvalue weighted by atomic mass is 35.5. The minimum atomic E-state index is -0.413. The number of pyridine rings is 1. The van der Waals surface area contributed by atoms with Crippen LogP contribution in [0.25, 0.3) is 16.9 Å². The van der Waals surface area contributed by atoms with Gasteiger partial charge in [0.2, 0.25) is 0 Å². The third-order valence-electron chi connectivity index (χ3n) is 4.62. The maximum absolute atomic E-state index is 13.2. The Morgan fingerprint density at radius 1 is 1.10 bits per heavy atom. The van der Waals surface area contributed by atoms with Gasteiger partial charge in [0.15, 0.2) is 5.69 Å². The molecule has 0 aliphatic carbocycles. The van der Waals surface area contributed by atoms with Crippen LogP contribution in [0.1, 0.15) is 29.0 Å². The average molecular weight is 422 g/mol. The van der Waals surface area contributed by atoms with Crippen LogP contribution in [0.5, 0.6) is 0 Å². The number of carbonyl (C=O) groups excluding carboxylic acids is 1. The van der Waals surface area contributed by atoms with Gasteiger partial charge in [-0.2, -0.15) is 0 Å². The van der Waals surface area contributed by atoms with Gasteiger partial charge in [-0.1, -0.05) is 41.1 Å². The van der Waals surface area contributed by atoms with Crippen molar-refractivity contribution in [2.75, 3.05) is 0 Å². The number of nitrogens with zero attached hydrogens (tertiary/aromatic N) is 4. The van der Waals surface area contributed by atoms with Crippen LogP contribution in [-0.2, 0) is 0 Å². The second-order valence-corrected chi connectivity index (χ2v) is 7.05. The van der Waals surface area contributed by atoms with Crippen LogP contribution in [0.2, 0.25) is 5.02 Å². The lowest BCUT2D eigenvalue weighted by atomic mass is 10.1. The number of hydrogen-bond acceptors (Lipinski definition) is 4. The number of hydrogen-bond donors (Lipinski definition) is 1. The van der Waals surface area contributed by atoms with E-state index in [9.17, 15) is 9.18 Å². The van der Waals surface area contributed by atoms with E-state index in [0.29, 0.717) is 22.0 Å². The van der Waals surface area contributed by atoms with Gasteiger partial charge in [-0.05, 0) is 48.9 Å². The molecule has 0 spiro atoms. The largest absolute Gasteiger partial charge is 0.344 e. The Hall–Kier alpha value is -3.58. The van der Waals surface area contributed by atoms with Crippen LogP contribution in [0, 0.1) is 5.82 Å². The third-order valence-corrected chi connectivity index (χ3v) is 4.94. The number of nitrogens with one attached hydrogen (secondary N) is 1. The summed E-state index contributed by atoms with van der Waals surface area (Å²) in [4.78, 5) is 17.2. The first-order chi connectivity index (χ1) is 14.5. The van der Waals surface area contributed by atoms with E-state index in [2.05, 4.69) is 20.6 Å². The van der Waals surface area contributed by atoms with Crippen molar-refractivity contribution in [1.82, 2.24) is 25.3 Å². The Bertz CT molecular complexity index is 1180. The monoisotopic (exact) mass is 421 g/mol. The summed E-state index contributed by atoms with van der Waals surface area (Å²) in [6.45, 7) is 1.81. The Labute approximate surface area is 177 Å². The lowest BCUT2D eigenvalue weighted by molar-refractivity contribution is 0.0935. The lowest BCUT2D eigenvalue weighted by Crippen LogP contribution is -2.27. The van der Waals surface area contributed by atoms with Gasteiger partial charge in [0.05, 0.1) is 16.8 Å². The number of carbonyl (C=O) groups is 1. The number of aromatic nitrogens is 4. The molecule has 8 heteroatoms. The second-order valence-electron chi connectivity index (χ2n) is 6.64. The number of para-hydroxylation sites is 1. The molecule has 6 nitrogen and oxygen atoms in total. The van der Waals surface area contributed by atoms with Gasteiger partial charge in [0, 0.05) is 18.0 Å². The van der Waals surface area contributed by atoms with Crippen molar-refractivity contribution < 1.29 is 9.18 Å². The number of rotatable bonds is 5. The molecule has 1 amide bonds. The summed E-state index contributed by atoms with van der Waals surface area (Å²) in [5.41, 5.74) is 2.64. The maximum Gasteiger partial charge on any atom is 0.274 e. The molecule has 0 saturated heterocycles. The zero-order valence-electron chi connectivity index (χ0n) is 16.0. The second kappa shape index (κ2) is 8.42. The lowest BCUT2D eigenvalue weighted by Gasteiger charge is -2.14. The highest BCUT2D eigenvalue weighted by Crippen LogP contribution is 2.28. The van der Waals surface area contributed by atoms with Crippen LogP contribution >= 0.6 is 11.6 Å². The Morgan fingerprint density at radius 2 is 1.87 bits per heavy atom. The summed E-state index contributed by atoms with van der Waals surface area (Å²) in [5, 5.41) is 11.7. The smallest absolute Gasteiger partial charge is 0.274 e. The number of amides is 1. The molecule has 1 N–H and O–H groups in total. The summed E-state index contributed by atoms with van der Waals surface area (Å²) in [7, 11) is 0. The summed E-state index contributed by atoms with van der Waals surface area (Å²) < 4.78 is 14.7. The van der Waals surface area contributed by atoms with Crippen molar-refractivity contribution in [2.45, 2.75) is 13.0 Å². The van der Waals surface area contributed by atoms with Crippen LogP contribution in [0.15, 0.2) is 73.1 Å². The zero-order valence-corrected chi connectivity index (χ0v) is 16.7. The molecule has 4 aromatic rings. The van der Waals surface area contributed by atoms with Crippen molar-refractivity contribution in [3.8, 4) is 16.9 Å².